The van der Waals surface area contributed by atoms with Gasteiger partial charge in [0, 0.05) is 13.1 Å². The average Bonchev–Trinajstić information content (AvgIpc) is 2.86. The maximum absolute atomic E-state index is 13.3. The molecule has 4 amide bonds. The zero-order chi connectivity index (χ0) is 19.8. The normalized spacial score (nSPS) is 28.4. The number of benzene rings is 1. The second kappa shape index (κ2) is 7.29. The monoisotopic (exact) mass is 375 g/mol. The Balaban J connectivity index is 1.79. The highest BCUT2D eigenvalue weighted by Crippen LogP contribution is 2.32. The van der Waals surface area contributed by atoms with Crippen LogP contribution in [0.2, 0.25) is 0 Å². The van der Waals surface area contributed by atoms with E-state index in [-0.39, 0.29) is 12.5 Å². The van der Waals surface area contributed by atoms with Gasteiger partial charge in [-0.05, 0) is 42.4 Å². The molecule has 2 aliphatic heterocycles. The summed E-state index contributed by atoms with van der Waals surface area (Å²) >= 11 is 0. The van der Waals surface area contributed by atoms with Crippen molar-refractivity contribution in [2.24, 2.45) is 11.8 Å². The zero-order valence-corrected chi connectivity index (χ0v) is 16.0. The fraction of sp³-hybridized carbons (Fsp3) is 0.550. The number of likely N-dealkylation sites (tertiary alicyclic amines) is 1. The Hall–Kier alpha value is -2.44. The van der Waals surface area contributed by atoms with Crippen molar-refractivity contribution in [2.45, 2.75) is 39.2 Å². The van der Waals surface area contributed by atoms with Crippen LogP contribution >= 0.6 is 0 Å². The smallest absolute Gasteiger partial charge is 0.325 e. The molecule has 0 aromatic heterocycles. The van der Waals surface area contributed by atoms with Gasteiger partial charge in [-0.3, -0.25) is 14.5 Å². The van der Waals surface area contributed by atoms with Gasteiger partial charge in [-0.1, -0.05) is 32.9 Å². The van der Waals surface area contributed by atoms with Crippen LogP contribution in [0, 0.1) is 17.7 Å². The molecule has 146 valence electrons. The summed E-state index contributed by atoms with van der Waals surface area (Å²) in [6.07, 6.45) is 1.38. The van der Waals surface area contributed by atoms with Crippen molar-refractivity contribution in [1.82, 2.24) is 15.1 Å². The molecule has 3 rings (SSSR count). The molecule has 0 unspecified atom stereocenters. The van der Waals surface area contributed by atoms with Crippen LogP contribution in [0.3, 0.4) is 0 Å². The predicted octanol–water partition coefficient (Wildman–Crippen LogP) is 2.49. The summed E-state index contributed by atoms with van der Waals surface area (Å²) in [4.78, 5) is 41.0. The third-order valence-electron chi connectivity index (χ3n) is 5.56. The highest BCUT2D eigenvalue weighted by molar-refractivity contribution is 6.09. The van der Waals surface area contributed by atoms with Gasteiger partial charge in [0.05, 0.1) is 0 Å². The number of rotatable bonds is 4. The third kappa shape index (κ3) is 3.55. The van der Waals surface area contributed by atoms with E-state index in [1.54, 1.807) is 11.8 Å². The zero-order valence-electron chi connectivity index (χ0n) is 16.0. The summed E-state index contributed by atoms with van der Waals surface area (Å²) in [6.45, 7) is 6.99. The van der Waals surface area contributed by atoms with Gasteiger partial charge in [-0.15, -0.1) is 0 Å². The number of urea groups is 1. The standard InChI is InChI=1S/C20H26FN3O3/c1-4-20(15-5-7-16(21)8-6-15)18(26)24(19(27)22-20)12-17(25)23-10-13(2)9-14(3)11-23/h5-8,13-14H,4,9-12H2,1-3H3,(H,22,27)/t13-,14-,20+/m0/s1. The molecule has 6 nitrogen and oxygen atoms in total. The largest absolute Gasteiger partial charge is 0.341 e. The minimum absolute atomic E-state index is 0.220. The lowest BCUT2D eigenvalue weighted by atomic mass is 9.87. The molecular formula is C20H26FN3O3. The van der Waals surface area contributed by atoms with Crippen molar-refractivity contribution < 1.29 is 18.8 Å². The maximum Gasteiger partial charge on any atom is 0.325 e. The minimum Gasteiger partial charge on any atom is -0.341 e. The van der Waals surface area contributed by atoms with Gasteiger partial charge >= 0.3 is 6.03 Å². The van der Waals surface area contributed by atoms with E-state index in [0.29, 0.717) is 36.9 Å². The number of imide groups is 1. The van der Waals surface area contributed by atoms with Gasteiger partial charge in [-0.2, -0.15) is 0 Å². The van der Waals surface area contributed by atoms with Crippen LogP contribution in [0.15, 0.2) is 24.3 Å². The Kier molecular flexibility index (Phi) is 5.22. The molecule has 1 N–H and O–H groups in total. The van der Waals surface area contributed by atoms with Crippen LogP contribution in [0.4, 0.5) is 9.18 Å². The molecule has 2 heterocycles. The van der Waals surface area contributed by atoms with Crippen molar-refractivity contribution in [3.8, 4) is 0 Å². The molecule has 0 saturated carbocycles. The van der Waals surface area contributed by atoms with Crippen molar-refractivity contribution >= 4 is 17.8 Å². The van der Waals surface area contributed by atoms with Crippen molar-refractivity contribution in [1.29, 1.82) is 0 Å². The van der Waals surface area contributed by atoms with Crippen molar-refractivity contribution in [3.05, 3.63) is 35.6 Å². The van der Waals surface area contributed by atoms with Crippen LogP contribution < -0.4 is 5.32 Å². The van der Waals surface area contributed by atoms with Crippen LogP contribution in [0.25, 0.3) is 0 Å². The second-order valence-electron chi connectivity index (χ2n) is 7.83. The molecular weight excluding hydrogens is 349 g/mol. The van der Waals surface area contributed by atoms with Crippen LogP contribution in [-0.4, -0.2) is 47.3 Å². The summed E-state index contributed by atoms with van der Waals surface area (Å²) in [5.74, 6) is -0.303. The van der Waals surface area contributed by atoms with Crippen LogP contribution in [0.1, 0.15) is 39.2 Å². The molecule has 3 atom stereocenters. The molecule has 0 radical (unpaired) electrons. The fourth-order valence-electron chi connectivity index (χ4n) is 4.25. The number of piperidine rings is 1. The van der Waals surface area contributed by atoms with E-state index in [1.807, 2.05) is 0 Å². The lowest BCUT2D eigenvalue weighted by Crippen LogP contribution is -2.49. The first kappa shape index (κ1) is 19.3. The van der Waals surface area contributed by atoms with E-state index in [4.69, 9.17) is 0 Å². The third-order valence-corrected chi connectivity index (χ3v) is 5.56. The average molecular weight is 375 g/mol. The number of carbonyl (C=O) groups is 3. The van der Waals surface area contributed by atoms with E-state index in [2.05, 4.69) is 19.2 Å². The maximum atomic E-state index is 13.3. The molecule has 0 bridgehead atoms. The molecule has 1 aromatic carbocycles. The predicted molar refractivity (Wildman–Crippen MR) is 98.1 cm³/mol. The van der Waals surface area contributed by atoms with Gasteiger partial charge in [0.15, 0.2) is 0 Å². The molecule has 27 heavy (non-hydrogen) atoms. The first-order valence-corrected chi connectivity index (χ1v) is 9.44. The van der Waals surface area contributed by atoms with E-state index < -0.39 is 23.3 Å². The Morgan fingerprint density at radius 1 is 1.19 bits per heavy atom. The van der Waals surface area contributed by atoms with Crippen molar-refractivity contribution in [2.75, 3.05) is 19.6 Å². The highest BCUT2D eigenvalue weighted by Gasteiger charge is 2.51. The van der Waals surface area contributed by atoms with Crippen molar-refractivity contribution in [3.63, 3.8) is 0 Å². The Morgan fingerprint density at radius 2 is 1.78 bits per heavy atom. The first-order valence-electron chi connectivity index (χ1n) is 9.44. The number of hydrogen-bond donors (Lipinski definition) is 1. The van der Waals surface area contributed by atoms with Gasteiger partial charge in [-0.25, -0.2) is 9.18 Å². The molecule has 0 aliphatic carbocycles. The van der Waals surface area contributed by atoms with Gasteiger partial charge in [0.1, 0.15) is 17.9 Å². The van der Waals surface area contributed by atoms with E-state index >= 15 is 0 Å². The van der Waals surface area contributed by atoms with E-state index in [9.17, 15) is 18.8 Å². The fourth-order valence-corrected chi connectivity index (χ4v) is 4.25. The molecule has 2 fully saturated rings. The van der Waals surface area contributed by atoms with E-state index in [1.165, 1.54) is 24.3 Å². The first-order chi connectivity index (χ1) is 12.8. The van der Waals surface area contributed by atoms with Crippen LogP contribution in [-0.2, 0) is 15.1 Å². The van der Waals surface area contributed by atoms with Crippen LogP contribution in [0.5, 0.6) is 0 Å². The number of halogens is 1. The molecule has 7 heteroatoms. The summed E-state index contributed by atoms with van der Waals surface area (Å²) < 4.78 is 13.3. The lowest BCUT2D eigenvalue weighted by molar-refractivity contribution is -0.140. The SMILES string of the molecule is CC[C@]1(c2ccc(F)cc2)NC(=O)N(CC(=O)N2C[C@@H](C)C[C@H](C)C2)C1=O. The molecule has 2 saturated heterocycles. The molecule has 1 aromatic rings. The number of hydrogen-bond acceptors (Lipinski definition) is 3. The molecule has 0 spiro atoms. The summed E-state index contributed by atoms with van der Waals surface area (Å²) in [6, 6.07) is 4.93. The number of amides is 4. The minimum atomic E-state index is -1.26. The lowest BCUT2D eigenvalue weighted by Gasteiger charge is -2.35. The van der Waals surface area contributed by atoms with Gasteiger partial charge in [0.2, 0.25) is 5.91 Å². The summed E-state index contributed by atoms with van der Waals surface area (Å²) in [7, 11) is 0. The Bertz CT molecular complexity index is 741. The highest BCUT2D eigenvalue weighted by atomic mass is 19.1. The summed E-state index contributed by atoms with van der Waals surface area (Å²) in [5, 5.41) is 2.72. The Labute approximate surface area is 158 Å². The Morgan fingerprint density at radius 3 is 2.33 bits per heavy atom. The van der Waals surface area contributed by atoms with Gasteiger partial charge < -0.3 is 10.2 Å². The van der Waals surface area contributed by atoms with E-state index in [0.717, 1.165) is 11.3 Å². The summed E-state index contributed by atoms with van der Waals surface area (Å²) in [5.41, 5.74) is -0.743. The van der Waals surface area contributed by atoms with Gasteiger partial charge in [0.25, 0.3) is 5.91 Å². The quantitative estimate of drug-likeness (QED) is 0.822. The number of carbonyl (C=O) groups excluding carboxylic acids is 3. The molecule has 2 aliphatic rings. The number of nitrogens with one attached hydrogen (secondary N) is 1. The number of nitrogens with zero attached hydrogens (tertiary/aromatic N) is 2. The topological polar surface area (TPSA) is 69.7 Å². The second-order valence-corrected chi connectivity index (χ2v) is 7.83.